The standard InChI is InChI=1S/C18H26O2S/c1-2-18(19,15-6-4-3-5-7-15)16-8-11-20-17(14-16)9-12-21-13-10-17/h3-7,16,19H,2,8-14H2,1H3. The first-order chi connectivity index (χ1) is 10.2. The van der Waals surface area contributed by atoms with Gasteiger partial charge in [0.25, 0.3) is 0 Å². The minimum absolute atomic E-state index is 0.0338. The van der Waals surface area contributed by atoms with Crippen LogP contribution in [-0.4, -0.2) is 28.8 Å². The Hall–Kier alpha value is -0.510. The van der Waals surface area contributed by atoms with Gasteiger partial charge in [0.15, 0.2) is 0 Å². The molecule has 1 aromatic carbocycles. The van der Waals surface area contributed by atoms with Gasteiger partial charge in [-0.15, -0.1) is 0 Å². The average molecular weight is 306 g/mol. The second kappa shape index (κ2) is 6.31. The fraction of sp³-hybridized carbons (Fsp3) is 0.667. The molecule has 0 radical (unpaired) electrons. The second-order valence-corrected chi connectivity index (χ2v) is 7.70. The first-order valence-electron chi connectivity index (χ1n) is 8.18. The summed E-state index contributed by atoms with van der Waals surface area (Å²) in [5, 5.41) is 11.4. The Morgan fingerprint density at radius 3 is 2.67 bits per heavy atom. The van der Waals surface area contributed by atoms with E-state index in [1.807, 2.05) is 30.0 Å². The van der Waals surface area contributed by atoms with Crippen LogP contribution in [0.4, 0.5) is 0 Å². The predicted octanol–water partition coefficient (Wildman–Crippen LogP) is 3.98. The summed E-state index contributed by atoms with van der Waals surface area (Å²) in [7, 11) is 0. The predicted molar refractivity (Wildman–Crippen MR) is 88.6 cm³/mol. The number of hydrogen-bond donors (Lipinski definition) is 1. The second-order valence-electron chi connectivity index (χ2n) is 6.48. The van der Waals surface area contributed by atoms with Crippen LogP contribution in [0, 0.1) is 5.92 Å². The van der Waals surface area contributed by atoms with E-state index in [4.69, 9.17) is 4.74 Å². The Balaban J connectivity index is 1.83. The molecule has 3 rings (SSSR count). The van der Waals surface area contributed by atoms with E-state index in [0.717, 1.165) is 44.3 Å². The summed E-state index contributed by atoms with van der Waals surface area (Å²) in [6.45, 7) is 2.90. The first-order valence-corrected chi connectivity index (χ1v) is 9.34. The van der Waals surface area contributed by atoms with E-state index in [2.05, 4.69) is 19.1 Å². The molecular formula is C18H26O2S. The molecule has 3 heteroatoms. The molecule has 2 fully saturated rings. The Bertz CT molecular complexity index is 450. The molecule has 1 N–H and O–H groups in total. The smallest absolute Gasteiger partial charge is 0.0923 e. The molecule has 1 spiro atoms. The van der Waals surface area contributed by atoms with Crippen molar-refractivity contribution in [2.75, 3.05) is 18.1 Å². The maximum atomic E-state index is 11.4. The van der Waals surface area contributed by atoms with Gasteiger partial charge in [-0.2, -0.15) is 11.8 Å². The Morgan fingerprint density at radius 2 is 2.00 bits per heavy atom. The topological polar surface area (TPSA) is 29.5 Å². The molecule has 2 saturated heterocycles. The zero-order valence-electron chi connectivity index (χ0n) is 12.9. The van der Waals surface area contributed by atoms with Gasteiger partial charge in [0.2, 0.25) is 0 Å². The van der Waals surface area contributed by atoms with Crippen LogP contribution in [0.3, 0.4) is 0 Å². The third kappa shape index (κ3) is 3.01. The third-order valence-corrected chi connectivity index (χ3v) is 6.37. The van der Waals surface area contributed by atoms with Gasteiger partial charge < -0.3 is 9.84 Å². The quantitative estimate of drug-likeness (QED) is 0.916. The molecule has 2 atom stereocenters. The normalized spacial score (nSPS) is 28.2. The fourth-order valence-electron chi connectivity index (χ4n) is 3.98. The summed E-state index contributed by atoms with van der Waals surface area (Å²) in [5.74, 6) is 2.70. The van der Waals surface area contributed by atoms with Gasteiger partial charge in [-0.25, -0.2) is 0 Å². The van der Waals surface area contributed by atoms with Gasteiger partial charge >= 0.3 is 0 Å². The van der Waals surface area contributed by atoms with Crippen molar-refractivity contribution in [2.24, 2.45) is 5.92 Å². The minimum atomic E-state index is -0.706. The molecule has 2 nitrogen and oxygen atoms in total. The van der Waals surface area contributed by atoms with Gasteiger partial charge in [-0.05, 0) is 55.1 Å². The highest BCUT2D eigenvalue weighted by Gasteiger charge is 2.46. The lowest BCUT2D eigenvalue weighted by molar-refractivity contribution is -0.150. The van der Waals surface area contributed by atoms with Crippen LogP contribution >= 0.6 is 11.8 Å². The van der Waals surface area contributed by atoms with Crippen molar-refractivity contribution < 1.29 is 9.84 Å². The van der Waals surface area contributed by atoms with E-state index >= 15 is 0 Å². The Morgan fingerprint density at radius 1 is 1.29 bits per heavy atom. The summed E-state index contributed by atoms with van der Waals surface area (Å²) in [5.41, 5.74) is 0.397. The van der Waals surface area contributed by atoms with E-state index < -0.39 is 5.60 Å². The summed E-state index contributed by atoms with van der Waals surface area (Å²) in [6.07, 6.45) is 5.03. The molecule has 2 aliphatic heterocycles. The van der Waals surface area contributed by atoms with E-state index in [1.165, 1.54) is 11.5 Å². The number of rotatable bonds is 3. The van der Waals surface area contributed by atoms with Crippen molar-refractivity contribution in [2.45, 2.75) is 50.2 Å². The Labute approximate surface area is 132 Å². The van der Waals surface area contributed by atoms with Gasteiger partial charge in [0, 0.05) is 6.61 Å². The average Bonchev–Trinajstić information content (AvgIpc) is 2.56. The van der Waals surface area contributed by atoms with Crippen LogP contribution in [0.1, 0.15) is 44.6 Å². The summed E-state index contributed by atoms with van der Waals surface area (Å²) >= 11 is 2.03. The maximum Gasteiger partial charge on any atom is 0.0923 e. The highest BCUT2D eigenvalue weighted by Crippen LogP contribution is 2.47. The van der Waals surface area contributed by atoms with Crippen molar-refractivity contribution in [3.8, 4) is 0 Å². The van der Waals surface area contributed by atoms with E-state index in [1.54, 1.807) is 0 Å². The molecule has 0 saturated carbocycles. The SMILES string of the molecule is CCC(O)(c1ccccc1)C1CCOC2(CCSCC2)C1. The largest absolute Gasteiger partial charge is 0.385 e. The van der Waals surface area contributed by atoms with E-state index in [9.17, 15) is 5.11 Å². The van der Waals surface area contributed by atoms with Gasteiger partial charge in [0.1, 0.15) is 0 Å². The lowest BCUT2D eigenvalue weighted by Gasteiger charge is -2.48. The van der Waals surface area contributed by atoms with E-state index in [-0.39, 0.29) is 5.60 Å². The molecule has 116 valence electrons. The summed E-state index contributed by atoms with van der Waals surface area (Å²) in [4.78, 5) is 0. The van der Waals surface area contributed by atoms with Crippen molar-refractivity contribution in [1.82, 2.24) is 0 Å². The number of aliphatic hydroxyl groups is 1. The molecule has 2 aliphatic rings. The number of hydrogen-bond acceptors (Lipinski definition) is 3. The zero-order valence-corrected chi connectivity index (χ0v) is 13.7. The fourth-order valence-corrected chi connectivity index (χ4v) is 5.22. The lowest BCUT2D eigenvalue weighted by Crippen LogP contribution is -2.48. The molecule has 1 aromatic rings. The van der Waals surface area contributed by atoms with Crippen LogP contribution in [0.15, 0.2) is 30.3 Å². The molecule has 0 aliphatic carbocycles. The highest BCUT2D eigenvalue weighted by molar-refractivity contribution is 7.99. The molecule has 0 amide bonds. The number of thioether (sulfide) groups is 1. The van der Waals surface area contributed by atoms with Gasteiger partial charge in [-0.3, -0.25) is 0 Å². The van der Waals surface area contributed by atoms with Crippen LogP contribution in [0.25, 0.3) is 0 Å². The van der Waals surface area contributed by atoms with Crippen molar-refractivity contribution in [1.29, 1.82) is 0 Å². The molecule has 2 unspecified atom stereocenters. The maximum absolute atomic E-state index is 11.4. The zero-order chi connectivity index (χ0) is 14.8. The van der Waals surface area contributed by atoms with E-state index in [0.29, 0.717) is 5.92 Å². The van der Waals surface area contributed by atoms with Crippen LogP contribution in [0.5, 0.6) is 0 Å². The van der Waals surface area contributed by atoms with Gasteiger partial charge in [0.05, 0.1) is 11.2 Å². The van der Waals surface area contributed by atoms with Crippen LogP contribution < -0.4 is 0 Å². The van der Waals surface area contributed by atoms with Crippen molar-refractivity contribution >= 4 is 11.8 Å². The third-order valence-electron chi connectivity index (χ3n) is 5.39. The van der Waals surface area contributed by atoms with Crippen molar-refractivity contribution in [3.05, 3.63) is 35.9 Å². The number of ether oxygens (including phenoxy) is 1. The molecular weight excluding hydrogens is 280 g/mol. The monoisotopic (exact) mass is 306 g/mol. The van der Waals surface area contributed by atoms with Crippen LogP contribution in [0.2, 0.25) is 0 Å². The minimum Gasteiger partial charge on any atom is -0.385 e. The molecule has 0 aromatic heterocycles. The first kappa shape index (κ1) is 15.4. The van der Waals surface area contributed by atoms with Gasteiger partial charge in [-0.1, -0.05) is 37.3 Å². The Kier molecular flexibility index (Phi) is 4.63. The molecule has 21 heavy (non-hydrogen) atoms. The van der Waals surface area contributed by atoms with Crippen molar-refractivity contribution in [3.63, 3.8) is 0 Å². The summed E-state index contributed by atoms with van der Waals surface area (Å²) < 4.78 is 6.19. The highest BCUT2D eigenvalue weighted by atomic mass is 32.2. The summed E-state index contributed by atoms with van der Waals surface area (Å²) in [6, 6.07) is 10.2. The molecule has 2 heterocycles. The lowest BCUT2D eigenvalue weighted by atomic mass is 9.70. The molecule has 0 bridgehead atoms. The number of benzene rings is 1. The van der Waals surface area contributed by atoms with Crippen LogP contribution in [-0.2, 0) is 10.3 Å².